The lowest BCUT2D eigenvalue weighted by Crippen LogP contribution is -2.06. The molecule has 2 aromatic rings. The second-order valence-electron chi connectivity index (χ2n) is 4.28. The number of hydrogen-bond acceptors (Lipinski definition) is 7. The van der Waals surface area contributed by atoms with Crippen LogP contribution in [0.1, 0.15) is 18.6 Å². The predicted molar refractivity (Wildman–Crippen MR) is 75.5 cm³/mol. The van der Waals surface area contributed by atoms with E-state index >= 15 is 0 Å². The molecule has 0 atom stereocenters. The molecule has 0 saturated carbocycles. The van der Waals surface area contributed by atoms with Gasteiger partial charge in [0.25, 0.3) is 0 Å². The molecule has 0 spiro atoms. The molecule has 0 aliphatic carbocycles. The van der Waals surface area contributed by atoms with Crippen LogP contribution >= 0.6 is 0 Å². The Bertz CT molecular complexity index is 626. The molecule has 8 nitrogen and oxygen atoms in total. The van der Waals surface area contributed by atoms with Gasteiger partial charge in [-0.25, -0.2) is 0 Å². The Labute approximate surface area is 121 Å². The normalized spacial score (nSPS) is 10.4. The average Bonchev–Trinajstić information content (AvgIpc) is 2.85. The number of nitrogens with one attached hydrogen (secondary N) is 1. The Morgan fingerprint density at radius 3 is 2.90 bits per heavy atom. The van der Waals surface area contributed by atoms with Crippen LogP contribution in [-0.4, -0.2) is 28.2 Å². The molecule has 112 valence electrons. The molecule has 0 amide bonds. The molecule has 21 heavy (non-hydrogen) atoms. The SMILES string of the molecule is CCOc1cc(NCCc2noc(C)n2)ccc1[N+](=O)[O-]. The number of aryl methyl sites for hydroxylation is 1. The summed E-state index contributed by atoms with van der Waals surface area (Å²) in [6, 6.07) is 4.68. The number of rotatable bonds is 7. The summed E-state index contributed by atoms with van der Waals surface area (Å²) >= 11 is 0. The molecule has 0 fully saturated rings. The first kappa shape index (κ1) is 14.8. The Kier molecular flexibility index (Phi) is 4.70. The van der Waals surface area contributed by atoms with Crippen molar-refractivity contribution in [3.8, 4) is 5.75 Å². The van der Waals surface area contributed by atoms with Gasteiger partial charge in [0.1, 0.15) is 0 Å². The third-order valence-corrected chi connectivity index (χ3v) is 2.70. The fraction of sp³-hybridized carbons (Fsp3) is 0.385. The molecule has 1 heterocycles. The van der Waals surface area contributed by atoms with Gasteiger partial charge in [-0.05, 0) is 13.0 Å². The lowest BCUT2D eigenvalue weighted by atomic mass is 10.2. The van der Waals surface area contributed by atoms with Gasteiger partial charge in [0.2, 0.25) is 5.89 Å². The first-order chi connectivity index (χ1) is 10.1. The molecule has 0 bridgehead atoms. The second kappa shape index (κ2) is 6.69. The maximum Gasteiger partial charge on any atom is 0.311 e. The zero-order valence-electron chi connectivity index (χ0n) is 11.8. The van der Waals surface area contributed by atoms with Gasteiger partial charge in [0.15, 0.2) is 11.6 Å². The van der Waals surface area contributed by atoms with E-state index in [-0.39, 0.29) is 11.4 Å². The molecule has 0 radical (unpaired) electrons. The minimum absolute atomic E-state index is 0.0452. The molecule has 2 rings (SSSR count). The van der Waals surface area contributed by atoms with Crippen molar-refractivity contribution in [1.82, 2.24) is 10.1 Å². The van der Waals surface area contributed by atoms with Crippen LogP contribution in [0.4, 0.5) is 11.4 Å². The lowest BCUT2D eigenvalue weighted by Gasteiger charge is -2.08. The van der Waals surface area contributed by atoms with Gasteiger partial charge in [-0.15, -0.1) is 0 Å². The topological polar surface area (TPSA) is 103 Å². The van der Waals surface area contributed by atoms with Gasteiger partial charge in [-0.3, -0.25) is 10.1 Å². The fourth-order valence-electron chi connectivity index (χ4n) is 1.81. The fourth-order valence-corrected chi connectivity index (χ4v) is 1.81. The largest absolute Gasteiger partial charge is 0.487 e. The summed E-state index contributed by atoms with van der Waals surface area (Å²) in [7, 11) is 0. The number of benzene rings is 1. The Hall–Kier alpha value is -2.64. The molecule has 1 N–H and O–H groups in total. The monoisotopic (exact) mass is 292 g/mol. The minimum atomic E-state index is -0.461. The summed E-state index contributed by atoms with van der Waals surface area (Å²) in [5.74, 6) is 1.40. The van der Waals surface area contributed by atoms with E-state index in [2.05, 4.69) is 15.5 Å². The highest BCUT2D eigenvalue weighted by molar-refractivity contribution is 5.58. The van der Waals surface area contributed by atoms with Crippen LogP contribution in [0.3, 0.4) is 0 Å². The quantitative estimate of drug-likeness (QED) is 0.617. The third kappa shape index (κ3) is 3.91. The van der Waals surface area contributed by atoms with Crippen molar-refractivity contribution in [3.05, 3.63) is 40.0 Å². The van der Waals surface area contributed by atoms with Crippen LogP contribution < -0.4 is 10.1 Å². The molecule has 1 aromatic heterocycles. The number of ether oxygens (including phenoxy) is 1. The van der Waals surface area contributed by atoms with Crippen molar-refractivity contribution >= 4 is 11.4 Å². The standard InChI is InChI=1S/C13H16N4O4/c1-3-20-12-8-10(4-5-11(12)17(18)19)14-7-6-13-15-9(2)21-16-13/h4-5,8,14H,3,6-7H2,1-2H3. The van der Waals surface area contributed by atoms with Gasteiger partial charge in [0.05, 0.1) is 11.5 Å². The molecule has 0 unspecified atom stereocenters. The van der Waals surface area contributed by atoms with Crippen LogP contribution in [0.2, 0.25) is 0 Å². The summed E-state index contributed by atoms with van der Waals surface area (Å²) in [6.07, 6.45) is 0.596. The van der Waals surface area contributed by atoms with Crippen LogP contribution in [0, 0.1) is 17.0 Å². The van der Waals surface area contributed by atoms with Crippen molar-refractivity contribution in [2.45, 2.75) is 20.3 Å². The predicted octanol–water partition coefficient (Wildman–Crippen LogP) is 2.34. The molecular weight excluding hydrogens is 276 g/mol. The number of nitro benzene ring substituents is 1. The highest BCUT2D eigenvalue weighted by Gasteiger charge is 2.15. The van der Waals surface area contributed by atoms with E-state index in [0.29, 0.717) is 31.3 Å². The summed E-state index contributed by atoms with van der Waals surface area (Å²) in [6.45, 7) is 4.46. The Morgan fingerprint density at radius 1 is 1.48 bits per heavy atom. The highest BCUT2D eigenvalue weighted by Crippen LogP contribution is 2.30. The lowest BCUT2D eigenvalue weighted by molar-refractivity contribution is -0.385. The van der Waals surface area contributed by atoms with Gasteiger partial charge in [-0.2, -0.15) is 4.98 Å². The average molecular weight is 292 g/mol. The van der Waals surface area contributed by atoms with Crippen molar-refractivity contribution < 1.29 is 14.2 Å². The van der Waals surface area contributed by atoms with Gasteiger partial charge >= 0.3 is 5.69 Å². The Balaban J connectivity index is 1.99. The summed E-state index contributed by atoms with van der Waals surface area (Å²) < 4.78 is 10.2. The first-order valence-electron chi connectivity index (χ1n) is 6.54. The van der Waals surface area contributed by atoms with Gasteiger partial charge in [-0.1, -0.05) is 5.16 Å². The molecule has 1 aromatic carbocycles. The zero-order valence-corrected chi connectivity index (χ0v) is 11.8. The maximum atomic E-state index is 10.9. The molecule has 0 saturated heterocycles. The maximum absolute atomic E-state index is 10.9. The molecule has 0 aliphatic rings. The number of aromatic nitrogens is 2. The Morgan fingerprint density at radius 2 is 2.29 bits per heavy atom. The number of nitro groups is 1. The van der Waals surface area contributed by atoms with Crippen LogP contribution in [0.5, 0.6) is 5.75 Å². The molecular formula is C13H16N4O4. The van der Waals surface area contributed by atoms with E-state index in [1.165, 1.54) is 6.07 Å². The van der Waals surface area contributed by atoms with Gasteiger partial charge < -0.3 is 14.6 Å². The van der Waals surface area contributed by atoms with E-state index in [1.807, 2.05) is 0 Å². The summed E-state index contributed by atoms with van der Waals surface area (Å²) in [5, 5.41) is 17.8. The van der Waals surface area contributed by atoms with E-state index in [1.54, 1.807) is 26.0 Å². The zero-order chi connectivity index (χ0) is 15.2. The van der Waals surface area contributed by atoms with Crippen LogP contribution in [0.15, 0.2) is 22.7 Å². The van der Waals surface area contributed by atoms with Gasteiger partial charge in [0, 0.05) is 37.7 Å². The van der Waals surface area contributed by atoms with Crippen molar-refractivity contribution in [1.29, 1.82) is 0 Å². The van der Waals surface area contributed by atoms with Crippen LogP contribution in [-0.2, 0) is 6.42 Å². The minimum Gasteiger partial charge on any atom is -0.487 e. The third-order valence-electron chi connectivity index (χ3n) is 2.70. The van der Waals surface area contributed by atoms with Crippen LogP contribution in [0.25, 0.3) is 0 Å². The van der Waals surface area contributed by atoms with Crippen molar-refractivity contribution in [3.63, 3.8) is 0 Å². The van der Waals surface area contributed by atoms with Crippen molar-refractivity contribution in [2.75, 3.05) is 18.5 Å². The summed E-state index contributed by atoms with van der Waals surface area (Å²) in [4.78, 5) is 14.5. The molecule has 0 aliphatic heterocycles. The molecule has 8 heteroatoms. The van der Waals surface area contributed by atoms with E-state index in [4.69, 9.17) is 9.26 Å². The number of anilines is 1. The number of nitrogens with zero attached hydrogens (tertiary/aromatic N) is 3. The second-order valence-corrected chi connectivity index (χ2v) is 4.28. The van der Waals surface area contributed by atoms with Crippen molar-refractivity contribution in [2.24, 2.45) is 0 Å². The van der Waals surface area contributed by atoms with E-state index in [9.17, 15) is 10.1 Å². The smallest absolute Gasteiger partial charge is 0.311 e. The highest BCUT2D eigenvalue weighted by atomic mass is 16.6. The summed E-state index contributed by atoms with van der Waals surface area (Å²) in [5.41, 5.74) is 0.695. The van der Waals surface area contributed by atoms with E-state index in [0.717, 1.165) is 5.69 Å². The first-order valence-corrected chi connectivity index (χ1v) is 6.54. The van der Waals surface area contributed by atoms with E-state index < -0.39 is 4.92 Å². The number of hydrogen-bond donors (Lipinski definition) is 1.